The van der Waals surface area contributed by atoms with Crippen LogP contribution in [0.15, 0.2) is 35.3 Å². The molecule has 0 aliphatic heterocycles. The van der Waals surface area contributed by atoms with E-state index in [0.29, 0.717) is 19.8 Å². The number of benzene rings is 1. The minimum absolute atomic E-state index is 0. The first-order chi connectivity index (χ1) is 11.8. The van der Waals surface area contributed by atoms with Crippen molar-refractivity contribution in [2.24, 2.45) is 4.99 Å². The predicted molar refractivity (Wildman–Crippen MR) is 114 cm³/mol. The standard InChI is InChI=1S/C19H31N3O2.HI/c1-3-20-18(21-12-13-24-15-14-23-2)22-16-19(10-7-11-19)17-8-5-4-6-9-17;/h4-6,8-9H,3,7,10-16H2,1-2H3,(H2,20,21,22);1H. The monoisotopic (exact) mass is 461 g/mol. The number of guanidine groups is 1. The first kappa shape index (κ1) is 22.2. The number of halogens is 1. The van der Waals surface area contributed by atoms with Gasteiger partial charge in [-0.3, -0.25) is 4.99 Å². The maximum absolute atomic E-state index is 5.48. The quantitative estimate of drug-likeness (QED) is 0.244. The fraction of sp³-hybridized carbons (Fsp3) is 0.632. The van der Waals surface area contributed by atoms with Gasteiger partial charge in [-0.25, -0.2) is 0 Å². The van der Waals surface area contributed by atoms with Crippen LogP contribution in [0.1, 0.15) is 31.7 Å². The molecule has 1 saturated carbocycles. The van der Waals surface area contributed by atoms with Crippen molar-refractivity contribution in [3.63, 3.8) is 0 Å². The third-order valence-electron chi connectivity index (χ3n) is 4.55. The molecule has 0 heterocycles. The molecule has 0 amide bonds. The number of ether oxygens (including phenoxy) is 2. The van der Waals surface area contributed by atoms with Gasteiger partial charge in [-0.15, -0.1) is 24.0 Å². The summed E-state index contributed by atoms with van der Waals surface area (Å²) in [7, 11) is 1.68. The highest BCUT2D eigenvalue weighted by atomic mass is 127. The average molecular weight is 461 g/mol. The molecule has 0 spiro atoms. The van der Waals surface area contributed by atoms with Crippen LogP contribution in [0.2, 0.25) is 0 Å². The van der Waals surface area contributed by atoms with Gasteiger partial charge >= 0.3 is 0 Å². The molecule has 25 heavy (non-hydrogen) atoms. The SMILES string of the molecule is CCNC(=NCC1(c2ccccc2)CCC1)NCCOCCOC.I. The molecule has 1 aromatic rings. The summed E-state index contributed by atoms with van der Waals surface area (Å²) in [4.78, 5) is 4.83. The number of nitrogens with zero attached hydrogens (tertiary/aromatic N) is 1. The number of nitrogens with one attached hydrogen (secondary N) is 2. The average Bonchev–Trinajstić information content (AvgIpc) is 2.58. The molecular weight excluding hydrogens is 429 g/mol. The lowest BCUT2D eigenvalue weighted by Crippen LogP contribution is -2.42. The molecule has 5 nitrogen and oxygen atoms in total. The molecule has 2 N–H and O–H groups in total. The van der Waals surface area contributed by atoms with Crippen LogP contribution in [0, 0.1) is 0 Å². The Morgan fingerprint density at radius 2 is 1.88 bits per heavy atom. The Labute approximate surface area is 169 Å². The molecule has 1 aliphatic carbocycles. The highest BCUT2D eigenvalue weighted by Gasteiger charge is 2.38. The highest BCUT2D eigenvalue weighted by Crippen LogP contribution is 2.43. The lowest BCUT2D eigenvalue weighted by molar-refractivity contribution is 0.0733. The fourth-order valence-corrected chi connectivity index (χ4v) is 2.99. The van der Waals surface area contributed by atoms with E-state index < -0.39 is 0 Å². The van der Waals surface area contributed by atoms with Gasteiger partial charge in [0, 0.05) is 25.6 Å². The second-order valence-corrected chi connectivity index (χ2v) is 6.23. The number of hydrogen-bond donors (Lipinski definition) is 2. The zero-order chi connectivity index (χ0) is 17.1. The molecule has 0 bridgehead atoms. The normalized spacial score (nSPS) is 15.8. The minimum atomic E-state index is 0. The van der Waals surface area contributed by atoms with Crippen molar-refractivity contribution < 1.29 is 9.47 Å². The Morgan fingerprint density at radius 3 is 2.48 bits per heavy atom. The molecule has 0 atom stereocenters. The lowest BCUT2D eigenvalue weighted by Gasteiger charge is -2.41. The largest absolute Gasteiger partial charge is 0.382 e. The molecule has 6 heteroatoms. The topological polar surface area (TPSA) is 54.9 Å². The molecule has 0 aromatic heterocycles. The van der Waals surface area contributed by atoms with E-state index in [1.54, 1.807) is 7.11 Å². The fourth-order valence-electron chi connectivity index (χ4n) is 2.99. The second kappa shape index (κ2) is 12.5. The van der Waals surface area contributed by atoms with Crippen LogP contribution >= 0.6 is 24.0 Å². The summed E-state index contributed by atoms with van der Waals surface area (Å²) in [5.74, 6) is 0.870. The zero-order valence-electron chi connectivity index (χ0n) is 15.4. The second-order valence-electron chi connectivity index (χ2n) is 6.23. The Kier molecular flexibility index (Phi) is 11.1. The Balaban J connectivity index is 0.00000312. The molecule has 2 rings (SSSR count). The van der Waals surface area contributed by atoms with Crippen LogP contribution in [0.3, 0.4) is 0 Å². The molecule has 0 unspecified atom stereocenters. The van der Waals surface area contributed by atoms with Gasteiger partial charge in [-0.2, -0.15) is 0 Å². The predicted octanol–water partition coefficient (Wildman–Crippen LogP) is 2.94. The van der Waals surface area contributed by atoms with Crippen LogP contribution in [0.5, 0.6) is 0 Å². The first-order valence-electron chi connectivity index (χ1n) is 8.95. The van der Waals surface area contributed by atoms with Crippen LogP contribution in [-0.4, -0.2) is 52.5 Å². The van der Waals surface area contributed by atoms with Gasteiger partial charge in [-0.1, -0.05) is 36.8 Å². The molecule has 0 radical (unpaired) electrons. The molecule has 1 fully saturated rings. The number of aliphatic imine (C=N–C) groups is 1. The zero-order valence-corrected chi connectivity index (χ0v) is 17.8. The van der Waals surface area contributed by atoms with Gasteiger partial charge in [0.1, 0.15) is 0 Å². The van der Waals surface area contributed by atoms with Crippen molar-refractivity contribution in [2.75, 3.05) is 46.6 Å². The van der Waals surface area contributed by atoms with Crippen LogP contribution in [0.25, 0.3) is 0 Å². The van der Waals surface area contributed by atoms with Crippen molar-refractivity contribution >= 4 is 29.9 Å². The van der Waals surface area contributed by atoms with E-state index in [0.717, 1.165) is 25.6 Å². The summed E-state index contributed by atoms with van der Waals surface area (Å²) < 4.78 is 10.4. The molecule has 1 aromatic carbocycles. The summed E-state index contributed by atoms with van der Waals surface area (Å²) in [6.07, 6.45) is 3.74. The van der Waals surface area contributed by atoms with E-state index in [1.807, 2.05) is 0 Å². The molecular formula is C19H32IN3O2. The minimum Gasteiger partial charge on any atom is -0.382 e. The van der Waals surface area contributed by atoms with Crippen LogP contribution in [-0.2, 0) is 14.9 Å². The Morgan fingerprint density at radius 1 is 1.12 bits per heavy atom. The first-order valence-corrected chi connectivity index (χ1v) is 8.95. The third-order valence-corrected chi connectivity index (χ3v) is 4.55. The van der Waals surface area contributed by atoms with Gasteiger partial charge < -0.3 is 20.1 Å². The maximum Gasteiger partial charge on any atom is 0.191 e. The van der Waals surface area contributed by atoms with Gasteiger partial charge in [0.25, 0.3) is 0 Å². The van der Waals surface area contributed by atoms with Crippen molar-refractivity contribution in [3.05, 3.63) is 35.9 Å². The van der Waals surface area contributed by atoms with Crippen molar-refractivity contribution in [2.45, 2.75) is 31.6 Å². The van der Waals surface area contributed by atoms with Crippen LogP contribution < -0.4 is 10.6 Å². The Hall–Kier alpha value is -0.860. The van der Waals surface area contributed by atoms with Crippen molar-refractivity contribution in [3.8, 4) is 0 Å². The van der Waals surface area contributed by atoms with Gasteiger partial charge in [0.15, 0.2) is 5.96 Å². The molecule has 1 aliphatic rings. The molecule has 0 saturated heterocycles. The third kappa shape index (κ3) is 7.11. The molecule has 142 valence electrons. The van der Waals surface area contributed by atoms with Gasteiger partial charge in [-0.05, 0) is 25.3 Å². The highest BCUT2D eigenvalue weighted by molar-refractivity contribution is 14.0. The van der Waals surface area contributed by atoms with E-state index in [1.165, 1.54) is 24.8 Å². The van der Waals surface area contributed by atoms with Crippen molar-refractivity contribution in [1.82, 2.24) is 10.6 Å². The van der Waals surface area contributed by atoms with E-state index in [9.17, 15) is 0 Å². The summed E-state index contributed by atoms with van der Waals surface area (Å²) in [5.41, 5.74) is 1.64. The smallest absolute Gasteiger partial charge is 0.191 e. The number of methoxy groups -OCH3 is 1. The summed E-state index contributed by atoms with van der Waals surface area (Å²) in [6, 6.07) is 10.8. The van der Waals surface area contributed by atoms with Gasteiger partial charge in [0.2, 0.25) is 0 Å². The summed E-state index contributed by atoms with van der Waals surface area (Å²) in [6.45, 7) is 6.43. The number of hydrogen-bond acceptors (Lipinski definition) is 3. The van der Waals surface area contributed by atoms with Gasteiger partial charge in [0.05, 0.1) is 26.4 Å². The summed E-state index contributed by atoms with van der Waals surface area (Å²) >= 11 is 0. The maximum atomic E-state index is 5.48. The van der Waals surface area contributed by atoms with E-state index in [-0.39, 0.29) is 29.4 Å². The van der Waals surface area contributed by atoms with Crippen molar-refractivity contribution in [1.29, 1.82) is 0 Å². The van der Waals surface area contributed by atoms with E-state index in [2.05, 4.69) is 47.9 Å². The summed E-state index contributed by atoms with van der Waals surface area (Å²) in [5, 5.41) is 6.66. The van der Waals surface area contributed by atoms with Crippen LogP contribution in [0.4, 0.5) is 0 Å². The van der Waals surface area contributed by atoms with E-state index >= 15 is 0 Å². The Bertz CT molecular complexity index is 493. The number of rotatable bonds is 10. The van der Waals surface area contributed by atoms with E-state index in [4.69, 9.17) is 14.5 Å². The lowest BCUT2D eigenvalue weighted by atomic mass is 9.64.